The lowest BCUT2D eigenvalue weighted by molar-refractivity contribution is -0.115. The number of aliphatic imine (C=N–C) groups is 1. The lowest BCUT2D eigenvalue weighted by Gasteiger charge is -2.13. The Hall–Kier alpha value is -3.03. The Labute approximate surface area is 180 Å². The maximum Gasteiger partial charge on any atom is 0.274 e. The third-order valence-electron chi connectivity index (χ3n) is 5.05. The molecule has 0 radical (unpaired) electrons. The maximum absolute atomic E-state index is 12.8. The Bertz CT molecular complexity index is 1100. The van der Waals surface area contributed by atoms with Crippen molar-refractivity contribution in [3.05, 3.63) is 70.9 Å². The van der Waals surface area contributed by atoms with Crippen molar-refractivity contribution in [2.75, 3.05) is 13.6 Å². The summed E-state index contributed by atoms with van der Waals surface area (Å²) in [5.41, 5.74) is 6.54. The molecule has 2 heterocycles. The van der Waals surface area contributed by atoms with Crippen LogP contribution in [0.4, 0.5) is 0 Å². The Balaban J connectivity index is 1.68. The SMILES string of the molecule is CCC/C(=C1/NC(=NC(CNC)c2ccccc2)NC1=O)c1ccc2ncsc2c1. The Morgan fingerprint density at radius 3 is 2.80 bits per heavy atom. The summed E-state index contributed by atoms with van der Waals surface area (Å²) in [7, 11) is 1.90. The van der Waals surface area contributed by atoms with E-state index < -0.39 is 0 Å². The minimum Gasteiger partial charge on any atom is -0.321 e. The number of hydrogen-bond donors (Lipinski definition) is 3. The summed E-state index contributed by atoms with van der Waals surface area (Å²) in [5.74, 6) is 0.351. The molecule has 1 fully saturated rings. The number of nitrogens with zero attached hydrogens (tertiary/aromatic N) is 2. The van der Waals surface area contributed by atoms with Gasteiger partial charge in [0.15, 0.2) is 0 Å². The number of guanidine groups is 1. The van der Waals surface area contributed by atoms with E-state index in [1.807, 2.05) is 55.0 Å². The van der Waals surface area contributed by atoms with Crippen LogP contribution in [0.2, 0.25) is 0 Å². The predicted octanol–water partition coefficient (Wildman–Crippen LogP) is 3.84. The van der Waals surface area contributed by atoms with Gasteiger partial charge in [-0.05, 0) is 42.3 Å². The van der Waals surface area contributed by atoms with E-state index in [2.05, 4.69) is 33.9 Å². The van der Waals surface area contributed by atoms with Crippen LogP contribution in [0.15, 0.2) is 64.7 Å². The van der Waals surface area contributed by atoms with Gasteiger partial charge in [-0.1, -0.05) is 49.7 Å². The number of fused-ring (bicyclic) bond motifs is 1. The van der Waals surface area contributed by atoms with Gasteiger partial charge in [-0.25, -0.2) is 9.98 Å². The number of rotatable bonds is 7. The molecule has 1 aliphatic heterocycles. The number of amides is 1. The van der Waals surface area contributed by atoms with E-state index >= 15 is 0 Å². The number of carbonyl (C=O) groups is 1. The molecular weight excluding hydrogens is 394 g/mol. The summed E-state index contributed by atoms with van der Waals surface area (Å²) in [5, 5.41) is 9.34. The van der Waals surface area contributed by atoms with Crippen molar-refractivity contribution in [2.45, 2.75) is 25.8 Å². The summed E-state index contributed by atoms with van der Waals surface area (Å²) < 4.78 is 1.12. The molecule has 30 heavy (non-hydrogen) atoms. The molecule has 2 aromatic carbocycles. The first kappa shape index (κ1) is 20.3. The molecule has 1 unspecified atom stereocenters. The lowest BCUT2D eigenvalue weighted by atomic mass is 9.99. The molecule has 0 spiro atoms. The standard InChI is InChI=1S/C23H25N5OS/c1-3-7-17(16-10-11-18-20(12-16)30-14-25-18)21-22(29)28-23(27-21)26-19(13-24-2)15-8-5-4-6-9-15/h4-6,8-12,14,19,24H,3,7,13H2,1-2H3,(H2,26,27,28,29)/b21-17-. The Kier molecular flexibility index (Phi) is 6.21. The van der Waals surface area contributed by atoms with Crippen LogP contribution < -0.4 is 16.0 Å². The fourth-order valence-electron chi connectivity index (χ4n) is 3.62. The van der Waals surface area contributed by atoms with E-state index in [9.17, 15) is 4.79 Å². The van der Waals surface area contributed by atoms with Crippen LogP contribution >= 0.6 is 11.3 Å². The van der Waals surface area contributed by atoms with Gasteiger partial charge in [0.25, 0.3) is 5.91 Å². The van der Waals surface area contributed by atoms with E-state index in [0.717, 1.165) is 39.8 Å². The Morgan fingerprint density at radius 1 is 1.20 bits per heavy atom. The smallest absolute Gasteiger partial charge is 0.274 e. The van der Waals surface area contributed by atoms with E-state index in [1.165, 1.54) is 0 Å². The lowest BCUT2D eigenvalue weighted by Crippen LogP contribution is -2.28. The zero-order valence-corrected chi connectivity index (χ0v) is 17.9. The second-order valence-corrected chi connectivity index (χ2v) is 8.07. The van der Waals surface area contributed by atoms with Crippen molar-refractivity contribution in [2.24, 2.45) is 4.99 Å². The number of carbonyl (C=O) groups excluding carboxylic acids is 1. The highest BCUT2D eigenvalue weighted by atomic mass is 32.1. The third-order valence-corrected chi connectivity index (χ3v) is 5.84. The van der Waals surface area contributed by atoms with Gasteiger partial charge in [-0.3, -0.25) is 10.1 Å². The molecule has 3 aromatic rings. The number of aromatic nitrogens is 1. The van der Waals surface area contributed by atoms with Gasteiger partial charge in [0.2, 0.25) is 5.96 Å². The summed E-state index contributed by atoms with van der Waals surface area (Å²) >= 11 is 1.61. The molecule has 0 aliphatic carbocycles. The van der Waals surface area contributed by atoms with E-state index in [1.54, 1.807) is 11.3 Å². The fourth-order valence-corrected chi connectivity index (χ4v) is 4.34. The number of benzene rings is 2. The van der Waals surface area contributed by atoms with Gasteiger partial charge < -0.3 is 10.6 Å². The Morgan fingerprint density at radius 2 is 2.03 bits per heavy atom. The predicted molar refractivity (Wildman–Crippen MR) is 123 cm³/mol. The van der Waals surface area contributed by atoms with Crippen molar-refractivity contribution in [1.29, 1.82) is 0 Å². The zero-order chi connectivity index (χ0) is 20.9. The van der Waals surface area contributed by atoms with Crippen molar-refractivity contribution < 1.29 is 4.79 Å². The largest absolute Gasteiger partial charge is 0.321 e. The van der Waals surface area contributed by atoms with Crippen molar-refractivity contribution >= 4 is 39.0 Å². The van der Waals surface area contributed by atoms with Crippen LogP contribution in [0.1, 0.15) is 36.9 Å². The first-order chi connectivity index (χ1) is 14.7. The van der Waals surface area contributed by atoms with E-state index in [4.69, 9.17) is 4.99 Å². The van der Waals surface area contributed by atoms with E-state index in [-0.39, 0.29) is 11.9 Å². The maximum atomic E-state index is 12.8. The quantitative estimate of drug-likeness (QED) is 0.509. The second-order valence-electron chi connectivity index (χ2n) is 7.18. The molecule has 1 aromatic heterocycles. The zero-order valence-electron chi connectivity index (χ0n) is 17.1. The second kappa shape index (κ2) is 9.19. The molecule has 3 N–H and O–H groups in total. The molecule has 1 saturated heterocycles. The van der Waals surface area contributed by atoms with Crippen LogP contribution in [-0.2, 0) is 4.79 Å². The summed E-state index contributed by atoms with van der Waals surface area (Å²) in [6.07, 6.45) is 1.74. The normalized spacial score (nSPS) is 17.8. The average molecular weight is 420 g/mol. The van der Waals surface area contributed by atoms with Gasteiger partial charge in [-0.2, -0.15) is 0 Å². The van der Waals surface area contributed by atoms with Gasteiger partial charge in [-0.15, -0.1) is 11.3 Å². The number of hydrogen-bond acceptors (Lipinski definition) is 5. The van der Waals surface area contributed by atoms with Crippen molar-refractivity contribution in [1.82, 2.24) is 20.9 Å². The number of allylic oxidation sites excluding steroid dienone is 1. The molecule has 154 valence electrons. The van der Waals surface area contributed by atoms with Crippen LogP contribution in [0, 0.1) is 0 Å². The third kappa shape index (κ3) is 4.27. The van der Waals surface area contributed by atoms with Gasteiger partial charge >= 0.3 is 0 Å². The molecule has 0 saturated carbocycles. The number of thiazole rings is 1. The molecule has 1 amide bonds. The van der Waals surface area contributed by atoms with Gasteiger partial charge in [0.1, 0.15) is 5.70 Å². The summed E-state index contributed by atoms with van der Waals surface area (Å²) in [6.45, 7) is 2.79. The fraction of sp³-hybridized carbons (Fsp3) is 0.261. The molecular formula is C23H25N5OS. The molecule has 7 heteroatoms. The van der Waals surface area contributed by atoms with Crippen LogP contribution in [0.5, 0.6) is 0 Å². The average Bonchev–Trinajstić information content (AvgIpc) is 3.38. The van der Waals surface area contributed by atoms with Crippen LogP contribution in [0.25, 0.3) is 15.8 Å². The highest BCUT2D eigenvalue weighted by Crippen LogP contribution is 2.29. The molecule has 6 nitrogen and oxygen atoms in total. The minimum atomic E-state index is -0.141. The molecule has 1 atom stereocenters. The first-order valence-electron chi connectivity index (χ1n) is 10.1. The van der Waals surface area contributed by atoms with Crippen LogP contribution in [0.3, 0.4) is 0 Å². The number of likely N-dealkylation sites (N-methyl/N-ethyl adjacent to an activating group) is 1. The molecule has 4 rings (SSSR count). The minimum absolute atomic E-state index is 0.0958. The highest BCUT2D eigenvalue weighted by Gasteiger charge is 2.27. The molecule has 0 bridgehead atoms. The molecule has 1 aliphatic rings. The number of nitrogens with one attached hydrogen (secondary N) is 3. The monoisotopic (exact) mass is 419 g/mol. The summed E-state index contributed by atoms with van der Waals surface area (Å²) in [4.78, 5) is 22.0. The topological polar surface area (TPSA) is 78.4 Å². The summed E-state index contributed by atoms with van der Waals surface area (Å²) in [6, 6.07) is 16.2. The highest BCUT2D eigenvalue weighted by molar-refractivity contribution is 7.16. The van der Waals surface area contributed by atoms with Crippen molar-refractivity contribution in [3.8, 4) is 0 Å². The van der Waals surface area contributed by atoms with Gasteiger partial charge in [0.05, 0.1) is 21.8 Å². The van der Waals surface area contributed by atoms with Gasteiger partial charge in [0, 0.05) is 6.54 Å². The first-order valence-corrected chi connectivity index (χ1v) is 11.0. The van der Waals surface area contributed by atoms with Crippen molar-refractivity contribution in [3.63, 3.8) is 0 Å². The van der Waals surface area contributed by atoms with Crippen LogP contribution in [-0.4, -0.2) is 30.4 Å². The van der Waals surface area contributed by atoms with E-state index in [0.29, 0.717) is 18.2 Å².